The third-order valence-electron chi connectivity index (χ3n) is 5.32. The van der Waals surface area contributed by atoms with Gasteiger partial charge < -0.3 is 14.4 Å². The van der Waals surface area contributed by atoms with E-state index in [0.717, 1.165) is 29.5 Å². The second-order valence-electron chi connectivity index (χ2n) is 7.75. The molecule has 0 aliphatic carbocycles. The summed E-state index contributed by atoms with van der Waals surface area (Å²) in [5.74, 6) is -0.399. The summed E-state index contributed by atoms with van der Waals surface area (Å²) in [6.07, 6.45) is 0.751. The zero-order valence-corrected chi connectivity index (χ0v) is 18.0. The molecule has 2 atom stereocenters. The van der Waals surface area contributed by atoms with Crippen LogP contribution in [0, 0.1) is 6.92 Å². The van der Waals surface area contributed by atoms with Crippen LogP contribution < -0.4 is 5.48 Å². The first-order valence-corrected chi connectivity index (χ1v) is 10.3. The molecule has 0 unspecified atom stereocenters. The second-order valence-corrected chi connectivity index (χ2v) is 7.75. The van der Waals surface area contributed by atoms with Gasteiger partial charge in [-0.2, -0.15) is 0 Å². The Morgan fingerprint density at radius 2 is 1.71 bits per heavy atom. The van der Waals surface area contributed by atoms with Crippen molar-refractivity contribution in [2.75, 3.05) is 0 Å². The number of hydrogen-bond donors (Lipinski definition) is 3. The summed E-state index contributed by atoms with van der Waals surface area (Å²) >= 11 is 0. The molecule has 2 aromatic carbocycles. The van der Waals surface area contributed by atoms with Gasteiger partial charge in [0.05, 0.1) is 6.61 Å². The highest BCUT2D eigenvalue weighted by molar-refractivity contribution is 5.84. The molecule has 3 aromatic rings. The molecule has 0 aliphatic heterocycles. The van der Waals surface area contributed by atoms with Crippen molar-refractivity contribution in [3.05, 3.63) is 77.2 Å². The molecule has 0 bridgehead atoms. The zero-order chi connectivity index (χ0) is 22.4. The van der Waals surface area contributed by atoms with Crippen LogP contribution in [-0.4, -0.2) is 27.0 Å². The average molecular weight is 424 g/mol. The van der Waals surface area contributed by atoms with Crippen LogP contribution in [-0.2, 0) is 22.6 Å². The lowest BCUT2D eigenvalue weighted by atomic mass is 9.95. The van der Waals surface area contributed by atoms with Gasteiger partial charge in [-0.15, -0.1) is 0 Å². The van der Waals surface area contributed by atoms with E-state index >= 15 is 0 Å². The van der Waals surface area contributed by atoms with Crippen LogP contribution in [0.3, 0.4) is 0 Å². The van der Waals surface area contributed by atoms with Crippen LogP contribution in [0.15, 0.2) is 59.1 Å². The number of carbonyl (C=O) groups excluding carboxylic acids is 1. The lowest BCUT2D eigenvalue weighted by Crippen LogP contribution is -2.50. The normalized spacial score (nSPS) is 14.1. The van der Waals surface area contributed by atoms with Crippen LogP contribution in [0.4, 0.5) is 0 Å². The Hall–Kier alpha value is -3.00. The molecule has 0 radical (unpaired) electrons. The predicted molar refractivity (Wildman–Crippen MR) is 115 cm³/mol. The lowest BCUT2D eigenvalue weighted by molar-refractivity contribution is -0.174. The SMILES string of the molecule is CCCc1ccc(-c2ccc(CO[C@](C)(C(=O)NO)[C@@H](O)c3cc(C)on3)cc2)cc1. The van der Waals surface area contributed by atoms with Gasteiger partial charge in [-0.1, -0.05) is 67.0 Å². The quantitative estimate of drug-likeness (QED) is 0.353. The summed E-state index contributed by atoms with van der Waals surface area (Å²) in [5.41, 5.74) is 4.25. The molecule has 0 saturated carbocycles. The van der Waals surface area contributed by atoms with Gasteiger partial charge in [0.25, 0.3) is 5.91 Å². The van der Waals surface area contributed by atoms with Crippen molar-refractivity contribution in [2.45, 2.75) is 51.9 Å². The Morgan fingerprint density at radius 1 is 1.13 bits per heavy atom. The molecular formula is C24H28N2O5. The van der Waals surface area contributed by atoms with Crippen LogP contribution in [0.1, 0.15) is 49.0 Å². The standard InChI is InChI=1S/C24H28N2O5/c1-4-5-17-6-10-19(11-7-17)20-12-8-18(9-13-20)15-30-24(3,23(28)25-29)22(27)21-14-16(2)31-26-21/h6-14,22,27,29H,4-5,15H2,1-3H3,(H,25,28)/t22-,24-/m0/s1. The molecule has 1 aromatic heterocycles. The summed E-state index contributed by atoms with van der Waals surface area (Å²) in [6, 6.07) is 17.8. The van der Waals surface area contributed by atoms with Crippen molar-refractivity contribution in [2.24, 2.45) is 0 Å². The Morgan fingerprint density at radius 3 is 2.19 bits per heavy atom. The first kappa shape index (κ1) is 22.7. The van der Waals surface area contributed by atoms with E-state index in [1.165, 1.54) is 18.6 Å². The number of aliphatic hydroxyl groups excluding tert-OH is 1. The van der Waals surface area contributed by atoms with Crippen molar-refractivity contribution < 1.29 is 24.4 Å². The van der Waals surface area contributed by atoms with Crippen molar-refractivity contribution >= 4 is 5.91 Å². The molecule has 1 amide bonds. The van der Waals surface area contributed by atoms with Gasteiger partial charge in [0, 0.05) is 6.07 Å². The summed E-state index contributed by atoms with van der Waals surface area (Å²) < 4.78 is 10.8. The molecule has 31 heavy (non-hydrogen) atoms. The van der Waals surface area contributed by atoms with Gasteiger partial charge >= 0.3 is 0 Å². The predicted octanol–water partition coefficient (Wildman–Crippen LogP) is 4.12. The molecular weight excluding hydrogens is 396 g/mol. The Labute approximate surface area is 181 Å². The number of aliphatic hydroxyl groups is 1. The number of amides is 1. The molecule has 0 spiro atoms. The number of rotatable bonds is 9. The topological polar surface area (TPSA) is 105 Å². The summed E-state index contributed by atoms with van der Waals surface area (Å²) in [7, 11) is 0. The van der Waals surface area contributed by atoms with E-state index in [0.29, 0.717) is 5.76 Å². The minimum Gasteiger partial charge on any atom is -0.383 e. The fourth-order valence-corrected chi connectivity index (χ4v) is 3.36. The number of hydroxylamine groups is 1. The van der Waals surface area contributed by atoms with E-state index in [9.17, 15) is 9.90 Å². The van der Waals surface area contributed by atoms with Crippen LogP contribution >= 0.6 is 0 Å². The summed E-state index contributed by atoms with van der Waals surface area (Å²) in [4.78, 5) is 12.3. The van der Waals surface area contributed by atoms with Crippen LogP contribution in [0.2, 0.25) is 0 Å². The fraction of sp³-hybridized carbons (Fsp3) is 0.333. The number of hydrogen-bond acceptors (Lipinski definition) is 6. The summed E-state index contributed by atoms with van der Waals surface area (Å²) in [6.45, 7) is 5.27. The Balaban J connectivity index is 1.72. The van der Waals surface area contributed by atoms with E-state index in [2.05, 4.69) is 36.3 Å². The van der Waals surface area contributed by atoms with Gasteiger partial charge in [0.2, 0.25) is 0 Å². The maximum Gasteiger partial charge on any atom is 0.278 e. The number of aromatic nitrogens is 1. The molecule has 3 rings (SSSR count). The lowest BCUT2D eigenvalue weighted by Gasteiger charge is -2.31. The zero-order valence-electron chi connectivity index (χ0n) is 18.0. The van der Waals surface area contributed by atoms with Gasteiger partial charge in [-0.05, 0) is 42.5 Å². The van der Waals surface area contributed by atoms with Gasteiger partial charge in [-0.25, -0.2) is 5.48 Å². The summed E-state index contributed by atoms with van der Waals surface area (Å²) in [5, 5.41) is 23.6. The first-order valence-electron chi connectivity index (χ1n) is 10.3. The molecule has 164 valence electrons. The van der Waals surface area contributed by atoms with Crippen LogP contribution in [0.25, 0.3) is 11.1 Å². The van der Waals surface area contributed by atoms with Crippen LogP contribution in [0.5, 0.6) is 0 Å². The minimum absolute atomic E-state index is 0.0491. The molecule has 7 heteroatoms. The molecule has 0 fully saturated rings. The van der Waals surface area contributed by atoms with Crippen molar-refractivity contribution in [3.63, 3.8) is 0 Å². The van der Waals surface area contributed by atoms with Gasteiger partial charge in [-0.3, -0.25) is 10.0 Å². The number of ether oxygens (including phenoxy) is 1. The maximum atomic E-state index is 12.3. The largest absolute Gasteiger partial charge is 0.383 e. The highest BCUT2D eigenvalue weighted by Gasteiger charge is 2.44. The third kappa shape index (κ3) is 5.19. The second kappa shape index (κ2) is 9.87. The van der Waals surface area contributed by atoms with E-state index in [1.807, 2.05) is 24.3 Å². The van der Waals surface area contributed by atoms with Gasteiger partial charge in [0.1, 0.15) is 17.6 Å². The van der Waals surface area contributed by atoms with E-state index < -0.39 is 17.6 Å². The Bertz CT molecular complexity index is 998. The van der Waals surface area contributed by atoms with Crippen molar-refractivity contribution in [3.8, 4) is 11.1 Å². The molecule has 1 heterocycles. The van der Waals surface area contributed by atoms with E-state index in [4.69, 9.17) is 14.5 Å². The maximum absolute atomic E-state index is 12.3. The highest BCUT2D eigenvalue weighted by atomic mass is 16.5. The molecule has 7 nitrogen and oxygen atoms in total. The molecule has 0 aliphatic rings. The van der Waals surface area contributed by atoms with E-state index in [-0.39, 0.29) is 12.3 Å². The van der Waals surface area contributed by atoms with Crippen molar-refractivity contribution in [1.82, 2.24) is 10.6 Å². The smallest absolute Gasteiger partial charge is 0.278 e. The minimum atomic E-state index is -1.77. The number of aryl methyl sites for hydroxylation is 2. The number of nitrogens with one attached hydrogen (secondary N) is 1. The van der Waals surface area contributed by atoms with E-state index in [1.54, 1.807) is 12.4 Å². The number of nitrogens with zero attached hydrogens (tertiary/aromatic N) is 1. The monoisotopic (exact) mass is 424 g/mol. The Kier molecular flexibility index (Phi) is 7.22. The molecule has 3 N–H and O–H groups in total. The molecule has 0 saturated heterocycles. The van der Waals surface area contributed by atoms with Crippen molar-refractivity contribution in [1.29, 1.82) is 0 Å². The average Bonchev–Trinajstić information content (AvgIpc) is 3.23. The highest BCUT2D eigenvalue weighted by Crippen LogP contribution is 2.31. The third-order valence-corrected chi connectivity index (χ3v) is 5.32. The number of carbonyl (C=O) groups is 1. The fourth-order valence-electron chi connectivity index (χ4n) is 3.36. The first-order chi connectivity index (χ1) is 14.9. The number of benzene rings is 2. The van der Waals surface area contributed by atoms with Gasteiger partial charge in [0.15, 0.2) is 5.60 Å².